The Balaban J connectivity index is 2.90. The smallest absolute Gasteiger partial charge is 0.119 e. The van der Waals surface area contributed by atoms with Crippen LogP contribution in [0.2, 0.25) is 0 Å². The van der Waals surface area contributed by atoms with Gasteiger partial charge in [-0.3, -0.25) is 0 Å². The van der Waals surface area contributed by atoms with Crippen LogP contribution in [0.4, 0.5) is 0 Å². The fourth-order valence-corrected chi connectivity index (χ4v) is 1.57. The Kier molecular flexibility index (Phi) is 3.88. The second-order valence-electron chi connectivity index (χ2n) is 6.50. The molecule has 0 radical (unpaired) electrons. The fourth-order valence-electron chi connectivity index (χ4n) is 1.57. The van der Waals surface area contributed by atoms with E-state index in [0.29, 0.717) is 12.4 Å². The van der Waals surface area contributed by atoms with E-state index in [1.54, 1.807) is 6.07 Å². The normalized spacial score (nSPS) is 12.8. The predicted molar refractivity (Wildman–Crippen MR) is 71.3 cm³/mol. The van der Waals surface area contributed by atoms with Crippen LogP contribution in [-0.4, -0.2) is 10.7 Å². The maximum Gasteiger partial charge on any atom is 0.119 e. The topological polar surface area (TPSA) is 29.5 Å². The molecule has 0 saturated heterocycles. The van der Waals surface area contributed by atoms with Gasteiger partial charge in [0, 0.05) is 0 Å². The van der Waals surface area contributed by atoms with Crippen molar-refractivity contribution in [1.82, 2.24) is 0 Å². The molecule has 0 bridgehead atoms. The van der Waals surface area contributed by atoms with Crippen LogP contribution in [0.3, 0.4) is 0 Å². The number of aromatic hydroxyl groups is 1. The molecule has 1 aromatic rings. The molecule has 0 unspecified atom stereocenters. The summed E-state index contributed by atoms with van der Waals surface area (Å²) in [5, 5.41) is 9.86. The Morgan fingerprint density at radius 3 is 2.12 bits per heavy atom. The Morgan fingerprint density at radius 2 is 1.65 bits per heavy atom. The van der Waals surface area contributed by atoms with Gasteiger partial charge in [-0.2, -0.15) is 0 Å². The third-order valence-corrected chi connectivity index (χ3v) is 2.54. The first-order chi connectivity index (χ1) is 7.59. The lowest BCUT2D eigenvalue weighted by Crippen LogP contribution is -2.19. The van der Waals surface area contributed by atoms with Crippen molar-refractivity contribution < 1.29 is 9.84 Å². The van der Waals surface area contributed by atoms with Gasteiger partial charge in [0.15, 0.2) is 0 Å². The van der Waals surface area contributed by atoms with E-state index < -0.39 is 0 Å². The monoisotopic (exact) mass is 236 g/mol. The molecule has 0 aliphatic carbocycles. The maximum absolute atomic E-state index is 9.86. The van der Waals surface area contributed by atoms with Crippen molar-refractivity contribution in [2.24, 2.45) is 0 Å². The summed E-state index contributed by atoms with van der Waals surface area (Å²) < 4.78 is 5.74. The first kappa shape index (κ1) is 14.0. The lowest BCUT2D eigenvalue weighted by molar-refractivity contribution is -0.0150. The van der Waals surface area contributed by atoms with E-state index in [-0.39, 0.29) is 11.0 Å². The quantitative estimate of drug-likeness (QED) is 0.841. The zero-order valence-corrected chi connectivity index (χ0v) is 11.8. The van der Waals surface area contributed by atoms with Crippen LogP contribution in [0, 0.1) is 0 Å². The number of hydrogen-bond donors (Lipinski definition) is 1. The van der Waals surface area contributed by atoms with Gasteiger partial charge in [0.25, 0.3) is 0 Å². The summed E-state index contributed by atoms with van der Waals surface area (Å²) in [6, 6.07) is 5.69. The number of phenols is 1. The van der Waals surface area contributed by atoms with Gasteiger partial charge in [0.05, 0.1) is 12.2 Å². The largest absolute Gasteiger partial charge is 0.508 e. The molecule has 1 aromatic carbocycles. The van der Waals surface area contributed by atoms with Gasteiger partial charge in [-0.1, -0.05) is 26.8 Å². The SMILES string of the molecule is CC(C)(C)OCc1ccc(O)c(C(C)(C)C)c1. The second-order valence-corrected chi connectivity index (χ2v) is 6.50. The average Bonchev–Trinajstić information content (AvgIpc) is 2.13. The third-order valence-electron chi connectivity index (χ3n) is 2.54. The summed E-state index contributed by atoms with van der Waals surface area (Å²) in [4.78, 5) is 0. The molecular weight excluding hydrogens is 212 g/mol. The lowest BCUT2D eigenvalue weighted by atomic mass is 9.85. The third kappa shape index (κ3) is 4.39. The van der Waals surface area contributed by atoms with Crippen LogP contribution < -0.4 is 0 Å². The number of ether oxygens (including phenoxy) is 1. The predicted octanol–water partition coefficient (Wildman–Crippen LogP) is 4.00. The maximum atomic E-state index is 9.86. The molecule has 0 fully saturated rings. The van der Waals surface area contributed by atoms with Crippen molar-refractivity contribution in [1.29, 1.82) is 0 Å². The summed E-state index contributed by atoms with van der Waals surface area (Å²) in [5.74, 6) is 0.358. The minimum absolute atomic E-state index is 0.0537. The zero-order chi connectivity index (χ0) is 13.3. The van der Waals surface area contributed by atoms with Gasteiger partial charge in [-0.25, -0.2) is 0 Å². The van der Waals surface area contributed by atoms with E-state index in [1.165, 1.54) is 0 Å². The molecule has 2 nitrogen and oxygen atoms in total. The van der Waals surface area contributed by atoms with Gasteiger partial charge in [-0.15, -0.1) is 0 Å². The van der Waals surface area contributed by atoms with Gasteiger partial charge >= 0.3 is 0 Å². The highest BCUT2D eigenvalue weighted by atomic mass is 16.5. The first-order valence-corrected chi connectivity index (χ1v) is 6.06. The number of benzene rings is 1. The van der Waals surface area contributed by atoms with Crippen molar-refractivity contribution in [3.8, 4) is 5.75 Å². The highest BCUT2D eigenvalue weighted by Gasteiger charge is 2.19. The van der Waals surface area contributed by atoms with Crippen LogP contribution in [-0.2, 0) is 16.8 Å². The Morgan fingerprint density at radius 1 is 1.06 bits per heavy atom. The van der Waals surface area contributed by atoms with E-state index in [0.717, 1.165) is 11.1 Å². The van der Waals surface area contributed by atoms with Crippen LogP contribution in [0.15, 0.2) is 18.2 Å². The highest BCUT2D eigenvalue weighted by Crippen LogP contribution is 2.31. The van der Waals surface area contributed by atoms with Crippen molar-refractivity contribution in [2.75, 3.05) is 0 Å². The first-order valence-electron chi connectivity index (χ1n) is 6.06. The van der Waals surface area contributed by atoms with Gasteiger partial charge < -0.3 is 9.84 Å². The molecule has 0 aliphatic heterocycles. The van der Waals surface area contributed by atoms with Gasteiger partial charge in [0.1, 0.15) is 5.75 Å². The molecular formula is C15H24O2. The molecule has 0 saturated carbocycles. The van der Waals surface area contributed by atoms with E-state index in [1.807, 2.05) is 32.9 Å². The Bertz CT molecular complexity index is 381. The minimum atomic E-state index is -0.139. The molecule has 17 heavy (non-hydrogen) atoms. The van der Waals surface area contributed by atoms with Crippen LogP contribution in [0.1, 0.15) is 52.7 Å². The lowest BCUT2D eigenvalue weighted by Gasteiger charge is -2.23. The Labute approximate surface area is 105 Å². The standard InChI is InChI=1S/C15H24O2/c1-14(2,3)12-9-11(7-8-13(12)16)10-17-15(4,5)6/h7-9,16H,10H2,1-6H3. The van der Waals surface area contributed by atoms with E-state index in [2.05, 4.69) is 20.8 Å². The summed E-state index contributed by atoms with van der Waals surface area (Å²) >= 11 is 0. The molecule has 0 amide bonds. The molecule has 0 heterocycles. The summed E-state index contributed by atoms with van der Waals surface area (Å²) in [7, 11) is 0. The second kappa shape index (κ2) is 4.69. The van der Waals surface area contributed by atoms with Gasteiger partial charge in [0.2, 0.25) is 0 Å². The Hall–Kier alpha value is -1.02. The van der Waals surface area contributed by atoms with E-state index in [4.69, 9.17) is 4.74 Å². The molecule has 1 rings (SSSR count). The van der Waals surface area contributed by atoms with E-state index >= 15 is 0 Å². The number of phenolic OH excluding ortho intramolecular Hbond substituents is 1. The summed E-state index contributed by atoms with van der Waals surface area (Å²) in [6.07, 6.45) is 0. The number of hydrogen-bond acceptors (Lipinski definition) is 2. The van der Waals surface area contributed by atoms with Gasteiger partial charge in [-0.05, 0) is 49.4 Å². The molecule has 0 spiro atoms. The zero-order valence-electron chi connectivity index (χ0n) is 11.8. The van der Waals surface area contributed by atoms with Crippen molar-refractivity contribution in [3.05, 3.63) is 29.3 Å². The van der Waals surface area contributed by atoms with Crippen molar-refractivity contribution >= 4 is 0 Å². The van der Waals surface area contributed by atoms with Crippen molar-refractivity contribution in [3.63, 3.8) is 0 Å². The molecule has 1 N–H and O–H groups in total. The molecule has 96 valence electrons. The summed E-state index contributed by atoms with van der Waals surface area (Å²) in [6.45, 7) is 13.0. The van der Waals surface area contributed by atoms with Crippen LogP contribution >= 0.6 is 0 Å². The molecule has 0 atom stereocenters. The van der Waals surface area contributed by atoms with Crippen LogP contribution in [0.25, 0.3) is 0 Å². The fraction of sp³-hybridized carbons (Fsp3) is 0.600. The molecule has 0 aliphatic rings. The van der Waals surface area contributed by atoms with E-state index in [9.17, 15) is 5.11 Å². The molecule has 0 aromatic heterocycles. The van der Waals surface area contributed by atoms with Crippen molar-refractivity contribution in [2.45, 2.75) is 59.2 Å². The molecule has 2 heteroatoms. The minimum Gasteiger partial charge on any atom is -0.508 e. The highest BCUT2D eigenvalue weighted by molar-refractivity contribution is 5.40. The van der Waals surface area contributed by atoms with Crippen LogP contribution in [0.5, 0.6) is 5.75 Å². The average molecular weight is 236 g/mol. The summed E-state index contributed by atoms with van der Waals surface area (Å²) in [5.41, 5.74) is 1.87. The number of rotatable bonds is 2.